The normalized spacial score (nSPS) is 18.6. The molecule has 1 unspecified atom stereocenters. The van der Waals surface area contributed by atoms with E-state index in [0.29, 0.717) is 24.6 Å². The van der Waals surface area contributed by atoms with Gasteiger partial charge < -0.3 is 10.2 Å². The highest BCUT2D eigenvalue weighted by molar-refractivity contribution is 7.10. The van der Waals surface area contributed by atoms with Crippen LogP contribution in [0.15, 0.2) is 23.6 Å². The van der Waals surface area contributed by atoms with Gasteiger partial charge in [-0.1, -0.05) is 11.6 Å². The van der Waals surface area contributed by atoms with Crippen LogP contribution in [0.25, 0.3) is 11.4 Å². The SMILES string of the molecule is CC1Cc2[nH]nc(-c3csc(C4CC4)n3)c2CN1C(=O)Nc1ccc(F)c(Cl)c1. The zero-order chi connectivity index (χ0) is 20.1. The third-order valence-electron chi connectivity index (χ3n) is 5.44. The number of fused-ring (bicyclic) bond motifs is 1. The number of benzene rings is 1. The molecule has 1 fully saturated rings. The highest BCUT2D eigenvalue weighted by atomic mass is 35.5. The summed E-state index contributed by atoms with van der Waals surface area (Å²) in [4.78, 5) is 19.4. The molecule has 5 rings (SSSR count). The van der Waals surface area contributed by atoms with Crippen molar-refractivity contribution in [3.63, 3.8) is 0 Å². The van der Waals surface area contributed by atoms with Crippen LogP contribution in [0.3, 0.4) is 0 Å². The molecule has 6 nitrogen and oxygen atoms in total. The zero-order valence-corrected chi connectivity index (χ0v) is 17.3. The summed E-state index contributed by atoms with van der Waals surface area (Å²) < 4.78 is 13.4. The van der Waals surface area contributed by atoms with Gasteiger partial charge in [0.2, 0.25) is 0 Å². The van der Waals surface area contributed by atoms with Crippen molar-refractivity contribution in [1.82, 2.24) is 20.1 Å². The Bertz CT molecular complexity index is 1090. The van der Waals surface area contributed by atoms with Crippen LogP contribution in [0, 0.1) is 5.82 Å². The Balaban J connectivity index is 1.38. The molecule has 0 spiro atoms. The number of carbonyl (C=O) groups is 1. The molecule has 1 atom stereocenters. The third kappa shape index (κ3) is 3.51. The Morgan fingerprint density at radius 1 is 1.41 bits per heavy atom. The number of urea groups is 1. The van der Waals surface area contributed by atoms with Gasteiger partial charge in [-0.3, -0.25) is 5.10 Å². The van der Waals surface area contributed by atoms with E-state index in [9.17, 15) is 9.18 Å². The van der Waals surface area contributed by atoms with Crippen LogP contribution >= 0.6 is 22.9 Å². The highest BCUT2D eigenvalue weighted by Crippen LogP contribution is 2.43. The van der Waals surface area contributed by atoms with Crippen LogP contribution in [0.5, 0.6) is 0 Å². The van der Waals surface area contributed by atoms with Crippen LogP contribution in [0.1, 0.15) is 41.9 Å². The van der Waals surface area contributed by atoms with E-state index in [2.05, 4.69) is 15.5 Å². The molecule has 1 saturated carbocycles. The molecule has 0 bridgehead atoms. The number of carbonyl (C=O) groups excluding carboxylic acids is 1. The molecule has 0 radical (unpaired) electrons. The minimum Gasteiger partial charge on any atom is -0.317 e. The largest absolute Gasteiger partial charge is 0.322 e. The van der Waals surface area contributed by atoms with Crippen molar-refractivity contribution in [2.24, 2.45) is 0 Å². The van der Waals surface area contributed by atoms with Gasteiger partial charge in [-0.25, -0.2) is 14.2 Å². The molecule has 3 heterocycles. The first-order valence-corrected chi connectivity index (χ1v) is 10.8. The first kappa shape index (κ1) is 18.6. The molecule has 1 aliphatic heterocycles. The second kappa shape index (κ2) is 7.11. The smallest absolute Gasteiger partial charge is 0.317 e. The van der Waals surface area contributed by atoms with Crippen molar-refractivity contribution in [3.05, 3.63) is 50.7 Å². The van der Waals surface area contributed by atoms with Gasteiger partial charge in [0, 0.05) is 40.7 Å². The Morgan fingerprint density at radius 2 is 2.24 bits per heavy atom. The van der Waals surface area contributed by atoms with Crippen LogP contribution in [-0.4, -0.2) is 32.2 Å². The van der Waals surface area contributed by atoms with Crippen LogP contribution < -0.4 is 5.32 Å². The average Bonchev–Trinajstić information content (AvgIpc) is 3.28. The number of hydrogen-bond acceptors (Lipinski definition) is 4. The average molecular weight is 432 g/mol. The summed E-state index contributed by atoms with van der Waals surface area (Å²) in [5, 5.41) is 13.6. The molecule has 1 aromatic carbocycles. The molecule has 0 saturated heterocycles. The molecule has 2 aliphatic rings. The predicted octanol–water partition coefficient (Wildman–Crippen LogP) is 5.18. The van der Waals surface area contributed by atoms with Gasteiger partial charge in [0.1, 0.15) is 17.2 Å². The quantitative estimate of drug-likeness (QED) is 0.599. The van der Waals surface area contributed by atoms with E-state index in [4.69, 9.17) is 16.6 Å². The minimum atomic E-state index is -0.516. The van der Waals surface area contributed by atoms with Crippen LogP contribution in [-0.2, 0) is 13.0 Å². The van der Waals surface area contributed by atoms with Crippen LogP contribution in [0.2, 0.25) is 5.02 Å². The fourth-order valence-corrected chi connectivity index (χ4v) is 4.80. The molecular weight excluding hydrogens is 413 g/mol. The predicted molar refractivity (Wildman–Crippen MR) is 111 cm³/mol. The van der Waals surface area contributed by atoms with Gasteiger partial charge in [-0.2, -0.15) is 5.10 Å². The lowest BCUT2D eigenvalue weighted by atomic mass is 9.99. The summed E-state index contributed by atoms with van der Waals surface area (Å²) in [5.41, 5.74) is 4.19. The van der Waals surface area contributed by atoms with Crippen molar-refractivity contribution in [2.45, 2.75) is 44.7 Å². The van der Waals surface area contributed by atoms with Crippen molar-refractivity contribution >= 4 is 34.7 Å². The number of aromatic amines is 1. The number of hydrogen-bond donors (Lipinski definition) is 2. The van der Waals surface area contributed by atoms with Crippen LogP contribution in [0.4, 0.5) is 14.9 Å². The maximum atomic E-state index is 13.4. The number of rotatable bonds is 3. The van der Waals surface area contributed by atoms with Crippen molar-refractivity contribution in [3.8, 4) is 11.4 Å². The van der Waals surface area contributed by atoms with Gasteiger partial charge in [-0.05, 0) is 38.0 Å². The number of halogens is 2. The van der Waals surface area contributed by atoms with Crippen molar-refractivity contribution in [2.75, 3.05) is 5.32 Å². The molecule has 1 aliphatic carbocycles. The summed E-state index contributed by atoms with van der Waals surface area (Å²) in [6, 6.07) is 3.88. The molecule has 150 valence electrons. The standard InChI is InChI=1S/C20H19ClFN5OS/c1-10-6-16-13(18(26-25-16)17-9-29-19(24-17)11-2-3-11)8-27(10)20(28)23-12-4-5-15(22)14(21)7-12/h4-5,7,9-11H,2-3,6,8H2,1H3,(H,23,28)(H,25,26). The maximum Gasteiger partial charge on any atom is 0.322 e. The summed E-state index contributed by atoms with van der Waals surface area (Å²) in [7, 11) is 0. The Morgan fingerprint density at radius 3 is 3.00 bits per heavy atom. The number of anilines is 1. The van der Waals surface area contributed by atoms with E-state index in [1.165, 1.54) is 36.0 Å². The fraction of sp³-hybridized carbons (Fsp3) is 0.350. The van der Waals surface area contributed by atoms with E-state index in [1.54, 1.807) is 16.2 Å². The van der Waals surface area contributed by atoms with Gasteiger partial charge in [0.15, 0.2) is 0 Å². The summed E-state index contributed by atoms with van der Waals surface area (Å²) in [5.74, 6) is 0.0888. The third-order valence-corrected chi connectivity index (χ3v) is 6.73. The lowest BCUT2D eigenvalue weighted by molar-refractivity contribution is 0.182. The minimum absolute atomic E-state index is 0.0100. The first-order valence-electron chi connectivity index (χ1n) is 9.54. The zero-order valence-electron chi connectivity index (χ0n) is 15.7. The fourth-order valence-electron chi connectivity index (χ4n) is 3.64. The van der Waals surface area contributed by atoms with Gasteiger partial charge >= 0.3 is 6.03 Å². The van der Waals surface area contributed by atoms with Crippen molar-refractivity contribution < 1.29 is 9.18 Å². The van der Waals surface area contributed by atoms with Gasteiger partial charge in [-0.15, -0.1) is 11.3 Å². The molecule has 2 aromatic heterocycles. The van der Waals surface area contributed by atoms with Gasteiger partial charge in [0.25, 0.3) is 0 Å². The number of nitrogens with one attached hydrogen (secondary N) is 2. The number of aromatic nitrogens is 3. The summed E-state index contributed by atoms with van der Waals surface area (Å²) in [6.45, 7) is 2.42. The number of thiazole rings is 1. The topological polar surface area (TPSA) is 73.9 Å². The summed E-state index contributed by atoms with van der Waals surface area (Å²) in [6.07, 6.45) is 3.11. The number of H-pyrrole nitrogens is 1. The molecule has 2 N–H and O–H groups in total. The van der Waals surface area contributed by atoms with E-state index < -0.39 is 5.82 Å². The second-order valence-corrected chi connectivity index (χ2v) is 8.91. The highest BCUT2D eigenvalue weighted by Gasteiger charge is 2.32. The molecule has 9 heteroatoms. The molecule has 3 aromatic rings. The van der Waals surface area contributed by atoms with E-state index in [1.807, 2.05) is 12.3 Å². The molecule has 29 heavy (non-hydrogen) atoms. The van der Waals surface area contributed by atoms with Gasteiger partial charge in [0.05, 0.1) is 16.6 Å². The Labute approximate surface area is 176 Å². The van der Waals surface area contributed by atoms with E-state index in [0.717, 1.165) is 22.6 Å². The van der Waals surface area contributed by atoms with E-state index >= 15 is 0 Å². The Kier molecular flexibility index (Phi) is 4.55. The van der Waals surface area contributed by atoms with Crippen molar-refractivity contribution in [1.29, 1.82) is 0 Å². The lowest BCUT2D eigenvalue weighted by Crippen LogP contribution is -2.44. The first-order chi connectivity index (χ1) is 14.0. The molecule has 2 amide bonds. The molecular formula is C20H19ClFN5OS. The maximum absolute atomic E-state index is 13.4. The second-order valence-electron chi connectivity index (χ2n) is 7.61. The number of nitrogens with zero attached hydrogens (tertiary/aromatic N) is 3. The van der Waals surface area contributed by atoms with E-state index in [-0.39, 0.29) is 17.1 Å². The number of amides is 2. The monoisotopic (exact) mass is 431 g/mol. The Hall–Kier alpha value is -2.45. The lowest BCUT2D eigenvalue weighted by Gasteiger charge is -2.33. The summed E-state index contributed by atoms with van der Waals surface area (Å²) >= 11 is 7.50.